The van der Waals surface area contributed by atoms with Gasteiger partial charge < -0.3 is 14.6 Å². The Morgan fingerprint density at radius 2 is 1.36 bits per heavy atom. The second-order valence-corrected chi connectivity index (χ2v) is 8.42. The maximum Gasteiger partial charge on any atom is 0.328 e. The molecule has 0 unspecified atom stereocenters. The third-order valence-electron chi connectivity index (χ3n) is 5.62. The minimum absolute atomic E-state index is 0.000713. The van der Waals surface area contributed by atoms with Gasteiger partial charge >= 0.3 is 11.7 Å². The maximum absolute atomic E-state index is 12.7. The molecule has 1 N–H and O–H groups in total. The Balaban J connectivity index is 1.36. The van der Waals surface area contributed by atoms with Crippen molar-refractivity contribution >= 4 is 29.2 Å². The highest BCUT2D eigenvalue weighted by atomic mass is 16.6. The second kappa shape index (κ2) is 14.0. The summed E-state index contributed by atoms with van der Waals surface area (Å²) in [7, 11) is 0. The molecule has 0 spiro atoms. The molecule has 0 aliphatic heterocycles. The van der Waals surface area contributed by atoms with E-state index in [2.05, 4.69) is 0 Å². The highest BCUT2D eigenvalue weighted by Crippen LogP contribution is 2.31. The molecule has 0 radical (unpaired) electrons. The summed E-state index contributed by atoms with van der Waals surface area (Å²) in [5, 5.41) is 30.6. The van der Waals surface area contributed by atoms with E-state index in [1.807, 2.05) is 0 Å². The molecule has 0 fully saturated rings. The molecular weight excluding hydrogens is 508 g/mol. The van der Waals surface area contributed by atoms with Crippen molar-refractivity contribution in [3.8, 4) is 11.5 Å². The number of nitrogens with zero attached hydrogens (tertiary/aromatic N) is 2. The average molecular weight is 535 g/mol. The Bertz CT molecular complexity index is 1350. The smallest absolute Gasteiger partial charge is 0.328 e. The number of benzene rings is 3. The van der Waals surface area contributed by atoms with Gasteiger partial charge in [-0.15, -0.1) is 0 Å². The predicted molar refractivity (Wildman–Crippen MR) is 142 cm³/mol. The number of carboxylic acid groups (broad SMARTS) is 1. The van der Waals surface area contributed by atoms with Gasteiger partial charge in [0.15, 0.2) is 11.5 Å². The standard InChI is InChI=1S/C28H26N2O9/c31-27(32)16-7-20-5-8-21(9-6-20)28(33)22-10-13-24(14-11-22)38-17-3-1-2-4-18-39-26-15-12-23(29(34)35)19-25(26)30(36)37/h5-16,19H,1-4,17-18H2,(H,31,32)/b16-7+. The fourth-order valence-corrected chi connectivity index (χ4v) is 3.60. The number of rotatable bonds is 15. The summed E-state index contributed by atoms with van der Waals surface area (Å²) in [6.45, 7) is 0.726. The van der Waals surface area contributed by atoms with Crippen LogP contribution in [0.25, 0.3) is 6.08 Å². The number of non-ortho nitro benzene ring substituents is 1. The number of carbonyl (C=O) groups is 2. The number of hydrogen-bond acceptors (Lipinski definition) is 8. The minimum atomic E-state index is -1.04. The number of ketones is 1. The van der Waals surface area contributed by atoms with Gasteiger partial charge in [-0.1, -0.05) is 24.3 Å². The number of ether oxygens (including phenoxy) is 2. The van der Waals surface area contributed by atoms with Crippen LogP contribution in [0.15, 0.2) is 72.8 Å². The van der Waals surface area contributed by atoms with Crippen molar-refractivity contribution in [3.63, 3.8) is 0 Å². The summed E-state index contributed by atoms with van der Waals surface area (Å²) in [6, 6.07) is 16.8. The molecular formula is C28H26N2O9. The van der Waals surface area contributed by atoms with Gasteiger partial charge in [-0.3, -0.25) is 25.0 Å². The first-order valence-electron chi connectivity index (χ1n) is 12.1. The fraction of sp³-hybridized carbons (Fsp3) is 0.214. The molecule has 3 rings (SSSR count). The molecule has 0 heterocycles. The molecule has 11 nitrogen and oxygen atoms in total. The topological polar surface area (TPSA) is 159 Å². The first-order valence-corrected chi connectivity index (χ1v) is 12.1. The molecule has 0 bridgehead atoms. The van der Waals surface area contributed by atoms with Crippen LogP contribution in [0.3, 0.4) is 0 Å². The third-order valence-corrected chi connectivity index (χ3v) is 5.62. The zero-order valence-electron chi connectivity index (χ0n) is 20.9. The van der Waals surface area contributed by atoms with Gasteiger partial charge in [0, 0.05) is 23.3 Å². The summed E-state index contributed by atoms with van der Waals surface area (Å²) < 4.78 is 11.2. The highest BCUT2D eigenvalue weighted by molar-refractivity contribution is 6.09. The van der Waals surface area contributed by atoms with Crippen LogP contribution in [0.4, 0.5) is 11.4 Å². The van der Waals surface area contributed by atoms with E-state index in [1.54, 1.807) is 48.5 Å². The first-order chi connectivity index (χ1) is 18.7. The number of nitro benzene ring substituents is 2. The Morgan fingerprint density at radius 1 is 0.769 bits per heavy atom. The Morgan fingerprint density at radius 3 is 1.92 bits per heavy atom. The summed E-state index contributed by atoms with van der Waals surface area (Å²) in [6.07, 6.45) is 5.57. The second-order valence-electron chi connectivity index (χ2n) is 8.42. The lowest BCUT2D eigenvalue weighted by atomic mass is 10.0. The van der Waals surface area contributed by atoms with E-state index in [0.29, 0.717) is 35.5 Å². The lowest BCUT2D eigenvalue weighted by molar-refractivity contribution is -0.394. The van der Waals surface area contributed by atoms with E-state index >= 15 is 0 Å². The van der Waals surface area contributed by atoms with Crippen LogP contribution in [0, 0.1) is 20.2 Å². The van der Waals surface area contributed by atoms with Crippen molar-refractivity contribution in [2.45, 2.75) is 25.7 Å². The minimum Gasteiger partial charge on any atom is -0.494 e. The molecule has 11 heteroatoms. The van der Waals surface area contributed by atoms with E-state index in [1.165, 1.54) is 18.2 Å². The average Bonchev–Trinajstić information content (AvgIpc) is 2.93. The molecule has 0 amide bonds. The maximum atomic E-state index is 12.7. The molecule has 3 aromatic carbocycles. The summed E-state index contributed by atoms with van der Waals surface area (Å²) in [5.74, 6) is -0.564. The molecule has 0 aliphatic carbocycles. The van der Waals surface area contributed by atoms with Crippen LogP contribution in [0.2, 0.25) is 0 Å². The number of unbranched alkanes of at least 4 members (excludes halogenated alkanes) is 3. The zero-order valence-corrected chi connectivity index (χ0v) is 20.9. The summed E-state index contributed by atoms with van der Waals surface area (Å²) in [5.41, 5.74) is 0.870. The lowest BCUT2D eigenvalue weighted by Crippen LogP contribution is -2.03. The molecule has 0 atom stereocenters. The van der Waals surface area contributed by atoms with Gasteiger partial charge in [-0.25, -0.2) is 4.79 Å². The van der Waals surface area contributed by atoms with Crippen LogP contribution in [-0.2, 0) is 4.79 Å². The van der Waals surface area contributed by atoms with Gasteiger partial charge in [0.2, 0.25) is 0 Å². The fourth-order valence-electron chi connectivity index (χ4n) is 3.60. The van der Waals surface area contributed by atoms with Crippen LogP contribution >= 0.6 is 0 Å². The van der Waals surface area contributed by atoms with Crippen LogP contribution in [0.1, 0.15) is 47.2 Å². The molecule has 0 aliphatic rings. The quantitative estimate of drug-likeness (QED) is 0.0829. The summed E-state index contributed by atoms with van der Waals surface area (Å²) >= 11 is 0. The van der Waals surface area contributed by atoms with Gasteiger partial charge in [0.05, 0.1) is 29.1 Å². The molecule has 0 saturated carbocycles. The molecule has 39 heavy (non-hydrogen) atoms. The van der Waals surface area contributed by atoms with Crippen LogP contribution < -0.4 is 9.47 Å². The van der Waals surface area contributed by atoms with E-state index in [9.17, 15) is 29.8 Å². The number of nitro groups is 2. The van der Waals surface area contributed by atoms with Crippen molar-refractivity contribution in [1.29, 1.82) is 0 Å². The Kier molecular flexibility index (Phi) is 10.3. The third kappa shape index (κ3) is 8.78. The number of carboxylic acids is 1. The Hall–Kier alpha value is -5.06. The van der Waals surface area contributed by atoms with Crippen molar-refractivity contribution in [1.82, 2.24) is 0 Å². The number of hydrogen-bond donors (Lipinski definition) is 1. The molecule has 0 aromatic heterocycles. The van der Waals surface area contributed by atoms with Gasteiger partial charge in [0.25, 0.3) is 5.69 Å². The monoisotopic (exact) mass is 534 g/mol. The van der Waals surface area contributed by atoms with E-state index < -0.39 is 21.5 Å². The lowest BCUT2D eigenvalue weighted by Gasteiger charge is -2.08. The Labute approximate surface area is 223 Å². The van der Waals surface area contributed by atoms with Gasteiger partial charge in [0.1, 0.15) is 5.75 Å². The first kappa shape index (κ1) is 28.5. The van der Waals surface area contributed by atoms with Gasteiger partial charge in [-0.2, -0.15) is 0 Å². The van der Waals surface area contributed by atoms with Crippen molar-refractivity contribution < 1.29 is 34.0 Å². The molecule has 202 valence electrons. The number of carbonyl (C=O) groups excluding carboxylic acids is 1. The SMILES string of the molecule is O=C(O)/C=C/c1ccc(C(=O)c2ccc(OCCCCCCOc3ccc([N+](=O)[O-])cc3[N+](=O)[O-])cc2)cc1. The predicted octanol–water partition coefficient (Wildman–Crippen LogP) is 5.85. The normalized spacial score (nSPS) is 10.8. The number of aliphatic carboxylic acids is 1. The van der Waals surface area contributed by atoms with Crippen molar-refractivity contribution in [2.24, 2.45) is 0 Å². The van der Waals surface area contributed by atoms with E-state index in [4.69, 9.17) is 14.6 Å². The van der Waals surface area contributed by atoms with Gasteiger partial charge in [-0.05, 0) is 67.7 Å². The van der Waals surface area contributed by atoms with Crippen LogP contribution in [-0.4, -0.2) is 39.9 Å². The summed E-state index contributed by atoms with van der Waals surface area (Å²) in [4.78, 5) is 43.8. The molecule has 0 saturated heterocycles. The zero-order chi connectivity index (χ0) is 28.2. The van der Waals surface area contributed by atoms with Crippen molar-refractivity contribution in [3.05, 3.63) is 110 Å². The largest absolute Gasteiger partial charge is 0.494 e. The van der Waals surface area contributed by atoms with Crippen molar-refractivity contribution in [2.75, 3.05) is 13.2 Å². The van der Waals surface area contributed by atoms with Crippen LogP contribution in [0.5, 0.6) is 11.5 Å². The van der Waals surface area contributed by atoms with E-state index in [-0.39, 0.29) is 23.8 Å². The van der Waals surface area contributed by atoms with E-state index in [0.717, 1.165) is 31.4 Å². The molecule has 3 aromatic rings. The highest BCUT2D eigenvalue weighted by Gasteiger charge is 2.20.